The predicted molar refractivity (Wildman–Crippen MR) is 129 cm³/mol. The van der Waals surface area contributed by atoms with Crippen LogP contribution in [0.1, 0.15) is 16.7 Å². The summed E-state index contributed by atoms with van der Waals surface area (Å²) in [6, 6.07) is 12.1. The first-order chi connectivity index (χ1) is 14.0. The summed E-state index contributed by atoms with van der Waals surface area (Å²) in [5.41, 5.74) is 3.11. The van der Waals surface area contributed by atoms with Crippen LogP contribution in [-0.2, 0) is 17.6 Å². The van der Waals surface area contributed by atoms with E-state index in [9.17, 15) is 9.18 Å². The SMILES string of the molecule is CN=C(NCCNC(=O)Cc1ccc(F)cc1)NCCc1cc(C)ccc1OC.I. The number of guanidine groups is 1. The maximum absolute atomic E-state index is 12.9. The zero-order valence-electron chi connectivity index (χ0n) is 17.6. The zero-order chi connectivity index (χ0) is 21.1. The molecule has 30 heavy (non-hydrogen) atoms. The first-order valence-electron chi connectivity index (χ1n) is 9.61. The highest BCUT2D eigenvalue weighted by atomic mass is 127. The number of ether oxygens (including phenoxy) is 1. The molecule has 0 aliphatic heterocycles. The highest BCUT2D eigenvalue weighted by molar-refractivity contribution is 14.0. The second-order valence-corrected chi connectivity index (χ2v) is 6.64. The van der Waals surface area contributed by atoms with Gasteiger partial charge in [-0.2, -0.15) is 0 Å². The van der Waals surface area contributed by atoms with Crippen LogP contribution in [0.2, 0.25) is 0 Å². The van der Waals surface area contributed by atoms with E-state index in [1.807, 2.05) is 12.1 Å². The fourth-order valence-electron chi connectivity index (χ4n) is 2.87. The minimum Gasteiger partial charge on any atom is -0.496 e. The third-order valence-corrected chi connectivity index (χ3v) is 4.36. The van der Waals surface area contributed by atoms with Crippen molar-refractivity contribution in [3.8, 4) is 5.75 Å². The van der Waals surface area contributed by atoms with Crippen LogP contribution in [0.15, 0.2) is 47.5 Å². The van der Waals surface area contributed by atoms with Crippen LogP contribution in [-0.4, -0.2) is 45.7 Å². The van der Waals surface area contributed by atoms with Gasteiger partial charge < -0.3 is 20.7 Å². The smallest absolute Gasteiger partial charge is 0.224 e. The first-order valence-corrected chi connectivity index (χ1v) is 9.61. The average Bonchev–Trinajstić information content (AvgIpc) is 2.71. The third kappa shape index (κ3) is 8.98. The molecule has 0 radical (unpaired) electrons. The number of amides is 1. The van der Waals surface area contributed by atoms with Crippen molar-refractivity contribution in [1.29, 1.82) is 0 Å². The Labute approximate surface area is 194 Å². The lowest BCUT2D eigenvalue weighted by Gasteiger charge is -2.14. The minimum atomic E-state index is -0.307. The zero-order valence-corrected chi connectivity index (χ0v) is 20.0. The molecule has 2 rings (SSSR count). The number of nitrogens with zero attached hydrogens (tertiary/aromatic N) is 1. The average molecular weight is 528 g/mol. The summed E-state index contributed by atoms with van der Waals surface area (Å²) in [4.78, 5) is 16.1. The van der Waals surface area contributed by atoms with Crippen LogP contribution in [0, 0.1) is 12.7 Å². The van der Waals surface area contributed by atoms with Gasteiger partial charge in [0.1, 0.15) is 11.6 Å². The topological polar surface area (TPSA) is 74.8 Å². The summed E-state index contributed by atoms with van der Waals surface area (Å²) in [5, 5.41) is 9.26. The van der Waals surface area contributed by atoms with Gasteiger partial charge in [-0.1, -0.05) is 29.8 Å². The normalized spacial score (nSPS) is 10.7. The van der Waals surface area contributed by atoms with Crippen molar-refractivity contribution in [2.24, 2.45) is 4.99 Å². The van der Waals surface area contributed by atoms with Gasteiger partial charge >= 0.3 is 0 Å². The Morgan fingerprint density at radius 1 is 1.03 bits per heavy atom. The monoisotopic (exact) mass is 528 g/mol. The number of methoxy groups -OCH3 is 1. The van der Waals surface area contributed by atoms with E-state index < -0.39 is 0 Å². The van der Waals surface area contributed by atoms with Gasteiger partial charge in [-0.3, -0.25) is 9.79 Å². The van der Waals surface area contributed by atoms with Gasteiger partial charge in [-0.05, 0) is 42.7 Å². The van der Waals surface area contributed by atoms with Crippen LogP contribution in [0.5, 0.6) is 5.75 Å². The lowest BCUT2D eigenvalue weighted by atomic mass is 10.1. The number of halogens is 2. The summed E-state index contributed by atoms with van der Waals surface area (Å²) < 4.78 is 18.3. The highest BCUT2D eigenvalue weighted by Gasteiger charge is 2.05. The summed E-state index contributed by atoms with van der Waals surface area (Å²) in [6.45, 7) is 3.77. The van der Waals surface area contributed by atoms with Crippen LogP contribution >= 0.6 is 24.0 Å². The molecule has 164 valence electrons. The van der Waals surface area contributed by atoms with Crippen molar-refractivity contribution >= 4 is 35.8 Å². The number of aryl methyl sites for hydroxylation is 1. The molecular weight excluding hydrogens is 498 g/mol. The molecule has 0 fully saturated rings. The number of benzene rings is 2. The Morgan fingerprint density at radius 2 is 1.70 bits per heavy atom. The molecule has 0 heterocycles. The molecule has 6 nitrogen and oxygen atoms in total. The van der Waals surface area contributed by atoms with E-state index in [0.29, 0.717) is 25.6 Å². The lowest BCUT2D eigenvalue weighted by molar-refractivity contribution is -0.120. The molecule has 3 N–H and O–H groups in total. The number of nitrogens with one attached hydrogen (secondary N) is 3. The fraction of sp³-hybridized carbons (Fsp3) is 0.364. The molecule has 0 unspecified atom stereocenters. The van der Waals surface area contributed by atoms with Crippen LogP contribution in [0.25, 0.3) is 0 Å². The molecule has 2 aromatic carbocycles. The van der Waals surface area contributed by atoms with Crippen LogP contribution in [0.4, 0.5) is 4.39 Å². The number of rotatable bonds is 9. The highest BCUT2D eigenvalue weighted by Crippen LogP contribution is 2.19. The van der Waals surface area contributed by atoms with Gasteiger partial charge in [0, 0.05) is 26.7 Å². The van der Waals surface area contributed by atoms with Crippen molar-refractivity contribution in [2.75, 3.05) is 33.8 Å². The van der Waals surface area contributed by atoms with Gasteiger partial charge in [-0.25, -0.2) is 4.39 Å². The second-order valence-electron chi connectivity index (χ2n) is 6.64. The molecule has 0 aromatic heterocycles. The van der Waals surface area contributed by atoms with Crippen molar-refractivity contribution in [3.63, 3.8) is 0 Å². The largest absolute Gasteiger partial charge is 0.496 e. The van der Waals surface area contributed by atoms with Crippen molar-refractivity contribution in [3.05, 3.63) is 65.0 Å². The summed E-state index contributed by atoms with van der Waals surface area (Å²) >= 11 is 0. The molecule has 0 saturated heterocycles. The summed E-state index contributed by atoms with van der Waals surface area (Å²) in [6.07, 6.45) is 1.03. The van der Waals surface area contributed by atoms with Crippen LogP contribution in [0.3, 0.4) is 0 Å². The molecule has 0 atom stereocenters. The second kappa shape index (κ2) is 13.8. The molecule has 0 aliphatic rings. The lowest BCUT2D eigenvalue weighted by Crippen LogP contribution is -2.42. The van der Waals surface area contributed by atoms with E-state index in [4.69, 9.17) is 4.74 Å². The summed E-state index contributed by atoms with van der Waals surface area (Å²) in [7, 11) is 3.38. The predicted octanol–water partition coefficient (Wildman–Crippen LogP) is 2.83. The van der Waals surface area contributed by atoms with Crippen molar-refractivity contribution in [2.45, 2.75) is 19.8 Å². The molecule has 0 bridgehead atoms. The molecule has 1 amide bonds. The molecule has 0 saturated carbocycles. The number of hydrogen-bond donors (Lipinski definition) is 3. The molecule has 2 aromatic rings. The number of hydrogen-bond acceptors (Lipinski definition) is 3. The summed E-state index contributed by atoms with van der Waals surface area (Å²) in [5.74, 6) is 1.14. The van der Waals surface area contributed by atoms with E-state index >= 15 is 0 Å². The third-order valence-electron chi connectivity index (χ3n) is 4.36. The first kappa shape index (κ1) is 25.7. The Kier molecular flexibility index (Phi) is 11.8. The van der Waals surface area contributed by atoms with E-state index in [-0.39, 0.29) is 42.1 Å². The van der Waals surface area contributed by atoms with Gasteiger partial charge in [0.15, 0.2) is 5.96 Å². The Hall–Kier alpha value is -2.36. The minimum absolute atomic E-state index is 0. The molecule has 8 heteroatoms. The number of carbonyl (C=O) groups excluding carboxylic acids is 1. The fourth-order valence-corrected chi connectivity index (χ4v) is 2.87. The Bertz CT molecular complexity index is 828. The van der Waals surface area contributed by atoms with Gasteiger partial charge in [-0.15, -0.1) is 24.0 Å². The Morgan fingerprint density at radius 3 is 2.37 bits per heavy atom. The van der Waals surface area contributed by atoms with Crippen molar-refractivity contribution in [1.82, 2.24) is 16.0 Å². The molecule has 0 aliphatic carbocycles. The number of carbonyl (C=O) groups is 1. The van der Waals surface area contributed by atoms with E-state index in [1.165, 1.54) is 17.7 Å². The van der Waals surface area contributed by atoms with E-state index in [2.05, 4.69) is 33.9 Å². The van der Waals surface area contributed by atoms with Crippen LogP contribution < -0.4 is 20.7 Å². The standard InChI is InChI=1S/C22H29FN4O2.HI/c1-16-4-9-20(29-3)18(14-16)10-11-26-22(24-2)27-13-12-25-21(28)15-17-5-7-19(23)8-6-17;/h4-9,14H,10-13,15H2,1-3H3,(H,25,28)(H2,24,26,27);1H. The van der Waals surface area contributed by atoms with E-state index in [1.54, 1.807) is 26.3 Å². The van der Waals surface area contributed by atoms with Gasteiger partial charge in [0.25, 0.3) is 0 Å². The van der Waals surface area contributed by atoms with Gasteiger partial charge in [0.2, 0.25) is 5.91 Å². The molecular formula is C22H30FIN4O2. The number of aliphatic imine (C=N–C) groups is 1. The van der Waals surface area contributed by atoms with Crippen molar-refractivity contribution < 1.29 is 13.9 Å². The maximum Gasteiger partial charge on any atom is 0.224 e. The maximum atomic E-state index is 12.9. The quantitative estimate of drug-likeness (QED) is 0.203. The van der Waals surface area contributed by atoms with Gasteiger partial charge in [0.05, 0.1) is 13.5 Å². The molecule has 0 spiro atoms. The Balaban J connectivity index is 0.00000450. The van der Waals surface area contributed by atoms with E-state index in [0.717, 1.165) is 23.3 Å².